The molecular weight excluding hydrogens is 478 g/mol. The second-order valence-electron chi connectivity index (χ2n) is 1.82. The van der Waals surface area contributed by atoms with E-state index >= 15 is 0 Å². The molecule has 0 aromatic carbocycles. The standard InChI is InChI=1S/C6H8O4.4Rb/c1-3(5(7)8)4(2)6(9)10;;;;/h1-2H3,(H,7,8)(H,9,10);;;;/q-2;4*+1/p-2. The van der Waals surface area contributed by atoms with Gasteiger partial charge in [0.05, 0.1) is 0 Å². The zero-order valence-electron chi connectivity index (χ0n) is 9.63. The van der Waals surface area contributed by atoms with Crippen molar-refractivity contribution in [3.63, 3.8) is 0 Å². The summed E-state index contributed by atoms with van der Waals surface area (Å²) in [5.41, 5.74) is 0. The summed E-state index contributed by atoms with van der Waals surface area (Å²) in [4.78, 5) is 20.0. The summed E-state index contributed by atoms with van der Waals surface area (Å²) in [6, 6.07) is 0. The van der Waals surface area contributed by atoms with E-state index in [0.717, 1.165) is 13.8 Å². The van der Waals surface area contributed by atoms with Crippen LogP contribution >= 0.6 is 0 Å². The molecule has 0 radical (unpaired) electrons. The Morgan fingerprint density at radius 3 is 1.00 bits per heavy atom. The summed E-state index contributed by atoms with van der Waals surface area (Å²) in [6.45, 7) is 2.31. The maximum atomic E-state index is 9.99. The number of carbonyl (C=O) groups excluding carboxylic acids is 2. The second kappa shape index (κ2) is 18.9. The number of hydrogen-bond acceptors (Lipinski definition) is 4. The molecule has 0 bridgehead atoms. The molecule has 4 nitrogen and oxygen atoms in total. The van der Waals surface area contributed by atoms with Gasteiger partial charge in [0, 0.05) is 0 Å². The molecule has 0 heterocycles. The van der Waals surface area contributed by atoms with Gasteiger partial charge < -0.3 is 31.6 Å². The van der Waals surface area contributed by atoms with Gasteiger partial charge in [0.25, 0.3) is 0 Å². The van der Waals surface area contributed by atoms with Crippen molar-refractivity contribution in [3.05, 3.63) is 11.8 Å². The molecule has 0 rings (SSSR count). The Hall–Kier alpha value is 5.90. The molecule has 0 aliphatic carbocycles. The number of rotatable bonds is 3. The first-order valence-corrected chi connectivity index (χ1v) is 2.57. The fourth-order valence-corrected chi connectivity index (χ4v) is 0.306. The Kier molecular flexibility index (Phi) is 43.2. The predicted octanol–water partition coefficient (Wildman–Crippen LogP) is -14.3. The van der Waals surface area contributed by atoms with Gasteiger partial charge in [-0.15, -0.1) is 11.9 Å². The first kappa shape index (κ1) is 32.0. The monoisotopic (exact) mass is 482 g/mol. The Morgan fingerprint density at radius 2 is 0.929 bits per heavy atom. The van der Waals surface area contributed by atoms with Gasteiger partial charge in [-0.1, -0.05) is 0 Å². The molecule has 0 aliphatic rings. The quantitative estimate of drug-likeness (QED) is 0.373. The van der Waals surface area contributed by atoms with Crippen LogP contribution in [0.4, 0.5) is 0 Å². The molecule has 0 unspecified atom stereocenters. The van der Waals surface area contributed by atoms with E-state index in [0.29, 0.717) is 0 Å². The molecule has 0 spiro atoms. The minimum atomic E-state index is -1.48. The minimum Gasteiger partial charge on any atom is -0.586 e. The van der Waals surface area contributed by atoms with E-state index in [-0.39, 0.29) is 245 Å². The van der Waals surface area contributed by atoms with E-state index in [1.165, 1.54) is 0 Å². The molecule has 0 fully saturated rings. The van der Waals surface area contributed by atoms with Crippen LogP contribution in [-0.2, 0) is 9.59 Å². The van der Waals surface area contributed by atoms with Crippen LogP contribution in [-0.4, -0.2) is 11.9 Å². The third kappa shape index (κ3) is 16.0. The molecule has 58 valence electrons. The van der Waals surface area contributed by atoms with Crippen LogP contribution in [0.25, 0.3) is 0 Å². The number of carboxylic acid groups (broad SMARTS) is 2. The summed E-state index contributed by atoms with van der Waals surface area (Å²) in [5, 5.41) is 20.0. The Balaban J connectivity index is -0.0000000675. The predicted molar refractivity (Wildman–Crippen MR) is 27.8 cm³/mol. The van der Waals surface area contributed by atoms with Crippen LogP contribution in [0.15, 0.2) is 0 Å². The minimum absolute atomic E-state index is 0. The van der Waals surface area contributed by atoms with E-state index in [9.17, 15) is 19.8 Å². The third-order valence-electron chi connectivity index (χ3n) is 1.17. The van der Waals surface area contributed by atoms with Crippen molar-refractivity contribution in [1.82, 2.24) is 0 Å². The van der Waals surface area contributed by atoms with Crippen molar-refractivity contribution in [1.29, 1.82) is 0 Å². The Labute approximate surface area is 280 Å². The fourth-order valence-electron chi connectivity index (χ4n) is 0.306. The maximum absolute atomic E-state index is 9.99. The molecule has 14 heavy (non-hydrogen) atoms. The van der Waals surface area contributed by atoms with Gasteiger partial charge in [-0.2, -0.15) is 13.8 Å². The first-order chi connectivity index (χ1) is 4.46. The average molecular weight is 484 g/mol. The van der Waals surface area contributed by atoms with E-state index < -0.39 is 11.9 Å². The first-order valence-electron chi connectivity index (χ1n) is 2.57. The smallest absolute Gasteiger partial charge is 0.586 e. The van der Waals surface area contributed by atoms with E-state index in [1.54, 1.807) is 0 Å². The summed E-state index contributed by atoms with van der Waals surface area (Å²) >= 11 is 0. The molecule has 0 aromatic heterocycles. The molecule has 0 amide bonds. The number of aliphatic carboxylic acids is 2. The zero-order valence-corrected chi connectivity index (χ0v) is 29.3. The van der Waals surface area contributed by atoms with E-state index in [4.69, 9.17) is 0 Å². The Morgan fingerprint density at radius 1 is 0.786 bits per heavy atom. The molecular formula is C6H6O4Rb4. The van der Waals surface area contributed by atoms with Crippen molar-refractivity contribution in [2.45, 2.75) is 13.8 Å². The normalized spacial score (nSPS) is 6.14. The molecule has 0 aromatic rings. The zero-order chi connectivity index (χ0) is 8.31. The molecule has 8 heteroatoms. The van der Waals surface area contributed by atoms with Gasteiger partial charge in [-0.25, -0.2) is 0 Å². The van der Waals surface area contributed by atoms with Gasteiger partial charge in [0.1, 0.15) is 0 Å². The molecule has 0 N–H and O–H groups in total. The topological polar surface area (TPSA) is 80.3 Å². The maximum Gasteiger partial charge on any atom is 1.00 e. The van der Waals surface area contributed by atoms with Crippen LogP contribution in [0.1, 0.15) is 13.8 Å². The SMILES string of the molecule is C[C-](C(=O)[O-])[C-](C)C(=O)[O-].[Rb+].[Rb+].[Rb+].[Rb+]. The fraction of sp³-hybridized carbons (Fsp3) is 0.333. The summed E-state index contributed by atoms with van der Waals surface area (Å²) in [6.07, 6.45) is 0. The van der Waals surface area contributed by atoms with Crippen molar-refractivity contribution in [2.75, 3.05) is 0 Å². The average Bonchev–Trinajstić information content (AvgIpc) is 1.84. The van der Waals surface area contributed by atoms with Crippen LogP contribution < -0.4 is 243 Å². The number of carboxylic acids is 2. The summed E-state index contributed by atoms with van der Waals surface area (Å²) in [5.74, 6) is -3.58. The van der Waals surface area contributed by atoms with Gasteiger partial charge in [-0.3, -0.25) is 0 Å². The summed E-state index contributed by atoms with van der Waals surface area (Å²) < 4.78 is 0. The van der Waals surface area contributed by atoms with Crippen molar-refractivity contribution in [3.8, 4) is 0 Å². The number of carbonyl (C=O) groups is 2. The van der Waals surface area contributed by atoms with Crippen molar-refractivity contribution < 1.29 is 253 Å². The molecule has 0 aliphatic heterocycles. The van der Waals surface area contributed by atoms with Crippen molar-refractivity contribution in [2.24, 2.45) is 0 Å². The van der Waals surface area contributed by atoms with Crippen LogP contribution in [0.2, 0.25) is 0 Å². The van der Waals surface area contributed by atoms with Crippen molar-refractivity contribution >= 4 is 11.9 Å². The van der Waals surface area contributed by atoms with Gasteiger partial charge >= 0.3 is 233 Å². The van der Waals surface area contributed by atoms with Crippen LogP contribution in [0, 0.1) is 11.8 Å². The summed E-state index contributed by atoms with van der Waals surface area (Å²) in [7, 11) is 0. The van der Waals surface area contributed by atoms with Gasteiger partial charge in [-0.05, 0) is 0 Å². The second-order valence-corrected chi connectivity index (χ2v) is 1.82. The van der Waals surface area contributed by atoms with E-state index in [1.807, 2.05) is 0 Å². The van der Waals surface area contributed by atoms with Gasteiger partial charge in [0.15, 0.2) is 0 Å². The molecule has 0 saturated heterocycles. The Bertz CT molecular complexity index is 146. The van der Waals surface area contributed by atoms with E-state index in [2.05, 4.69) is 0 Å². The van der Waals surface area contributed by atoms with Crippen LogP contribution in [0.3, 0.4) is 0 Å². The third-order valence-corrected chi connectivity index (χ3v) is 1.17. The number of hydrogen-bond donors (Lipinski definition) is 0. The molecule has 0 atom stereocenters. The van der Waals surface area contributed by atoms with Gasteiger partial charge in [0.2, 0.25) is 0 Å². The largest absolute Gasteiger partial charge is 1.00 e. The molecule has 0 saturated carbocycles. The van der Waals surface area contributed by atoms with Crippen LogP contribution in [0.5, 0.6) is 0 Å².